The van der Waals surface area contributed by atoms with Crippen molar-refractivity contribution in [3.8, 4) is 0 Å². The van der Waals surface area contributed by atoms with Crippen LogP contribution in [0.1, 0.15) is 25.7 Å². The van der Waals surface area contributed by atoms with Crippen LogP contribution in [0.2, 0.25) is 10.0 Å². The summed E-state index contributed by atoms with van der Waals surface area (Å²) in [6.45, 7) is 0.866. The molecule has 2 rings (SSSR count). The maximum absolute atomic E-state index is 11.8. The van der Waals surface area contributed by atoms with E-state index >= 15 is 0 Å². The van der Waals surface area contributed by atoms with Crippen molar-refractivity contribution in [2.24, 2.45) is 5.92 Å². The van der Waals surface area contributed by atoms with Crippen LogP contribution in [0.25, 0.3) is 0 Å². The number of anilines is 1. The molecule has 4 N–H and O–H groups in total. The van der Waals surface area contributed by atoms with Gasteiger partial charge in [0.1, 0.15) is 5.82 Å². The monoisotopic (exact) mass is 374 g/mol. The number of hydrogen-bond acceptors (Lipinski definition) is 4. The topological polar surface area (TPSA) is 103 Å². The number of carbonyl (C=O) groups excluding carboxylic acids is 1. The molecule has 0 spiro atoms. The summed E-state index contributed by atoms with van der Waals surface area (Å²) in [5, 5.41) is 18.4. The van der Waals surface area contributed by atoms with Crippen molar-refractivity contribution in [2.45, 2.75) is 31.7 Å². The van der Waals surface area contributed by atoms with Gasteiger partial charge in [-0.05, 0) is 31.7 Å². The molecule has 1 fully saturated rings. The molecule has 1 aliphatic rings. The molecule has 0 unspecified atom stereocenters. The highest BCUT2D eigenvalue weighted by Gasteiger charge is 2.26. The number of nitrogens with one attached hydrogen (secondary N) is 3. The first-order chi connectivity index (χ1) is 11.5. The molecule has 2 amide bonds. The summed E-state index contributed by atoms with van der Waals surface area (Å²) < 4.78 is 0. The van der Waals surface area contributed by atoms with Crippen LogP contribution < -0.4 is 16.0 Å². The van der Waals surface area contributed by atoms with E-state index in [1.807, 2.05) is 0 Å². The Morgan fingerprint density at radius 2 is 1.92 bits per heavy atom. The Labute approximate surface area is 150 Å². The van der Waals surface area contributed by atoms with Gasteiger partial charge in [-0.2, -0.15) is 0 Å². The molecule has 1 aromatic rings. The van der Waals surface area contributed by atoms with Crippen LogP contribution in [0.5, 0.6) is 0 Å². The Bertz CT molecular complexity index is 592. The predicted octanol–water partition coefficient (Wildman–Crippen LogP) is 2.74. The van der Waals surface area contributed by atoms with Crippen molar-refractivity contribution < 1.29 is 14.7 Å². The second kappa shape index (κ2) is 8.94. The van der Waals surface area contributed by atoms with E-state index in [4.69, 9.17) is 28.3 Å². The average Bonchev–Trinajstić information content (AvgIpc) is 2.53. The fourth-order valence-electron chi connectivity index (χ4n) is 2.62. The molecule has 0 aromatic carbocycles. The molecule has 132 valence electrons. The minimum atomic E-state index is -0.751. The lowest BCUT2D eigenvalue weighted by Gasteiger charge is -2.26. The van der Waals surface area contributed by atoms with Gasteiger partial charge in [-0.3, -0.25) is 4.79 Å². The molecule has 1 aliphatic carbocycles. The van der Waals surface area contributed by atoms with Crippen molar-refractivity contribution in [1.82, 2.24) is 15.6 Å². The van der Waals surface area contributed by atoms with Gasteiger partial charge in [0.15, 0.2) is 0 Å². The average molecular weight is 375 g/mol. The number of aliphatic carboxylic acids is 1. The fourth-order valence-corrected chi connectivity index (χ4v) is 3.07. The first kappa shape index (κ1) is 18.6. The van der Waals surface area contributed by atoms with Gasteiger partial charge in [0.2, 0.25) is 0 Å². The first-order valence-corrected chi connectivity index (χ1v) is 8.53. The van der Waals surface area contributed by atoms with Gasteiger partial charge in [-0.25, -0.2) is 9.78 Å². The van der Waals surface area contributed by atoms with Crippen LogP contribution >= 0.6 is 23.2 Å². The van der Waals surface area contributed by atoms with E-state index in [0.29, 0.717) is 54.6 Å². The van der Waals surface area contributed by atoms with E-state index in [1.165, 1.54) is 6.20 Å². The van der Waals surface area contributed by atoms with Gasteiger partial charge in [0.05, 0.1) is 16.0 Å². The number of carbonyl (C=O) groups is 2. The van der Waals surface area contributed by atoms with E-state index in [2.05, 4.69) is 20.9 Å². The van der Waals surface area contributed by atoms with Crippen molar-refractivity contribution >= 4 is 41.0 Å². The summed E-state index contributed by atoms with van der Waals surface area (Å²) in [5.41, 5.74) is 0. The van der Waals surface area contributed by atoms with E-state index in [-0.39, 0.29) is 18.0 Å². The highest BCUT2D eigenvalue weighted by atomic mass is 35.5. The zero-order chi connectivity index (χ0) is 17.5. The van der Waals surface area contributed by atoms with Crippen molar-refractivity contribution in [3.05, 3.63) is 22.3 Å². The van der Waals surface area contributed by atoms with Gasteiger partial charge in [-0.15, -0.1) is 0 Å². The molecule has 0 atom stereocenters. The van der Waals surface area contributed by atoms with Crippen LogP contribution in [0.3, 0.4) is 0 Å². The summed E-state index contributed by atoms with van der Waals surface area (Å²) in [6.07, 6.45) is 4.06. The normalized spacial score (nSPS) is 20.2. The molecule has 24 heavy (non-hydrogen) atoms. The van der Waals surface area contributed by atoms with Crippen LogP contribution in [0.4, 0.5) is 10.6 Å². The molecule has 0 saturated heterocycles. The second-order valence-corrected chi connectivity index (χ2v) is 6.54. The number of rotatable bonds is 6. The number of carboxylic acid groups (broad SMARTS) is 1. The third-order valence-corrected chi connectivity index (χ3v) is 4.42. The molecule has 1 aromatic heterocycles. The smallest absolute Gasteiger partial charge is 0.315 e. The molecular weight excluding hydrogens is 355 g/mol. The second-order valence-electron chi connectivity index (χ2n) is 5.70. The van der Waals surface area contributed by atoms with E-state index in [1.54, 1.807) is 6.07 Å². The van der Waals surface area contributed by atoms with Crippen LogP contribution in [-0.4, -0.2) is 41.2 Å². The Kier molecular flexibility index (Phi) is 6.93. The minimum Gasteiger partial charge on any atom is -0.481 e. The molecule has 1 saturated carbocycles. The van der Waals surface area contributed by atoms with Gasteiger partial charge >= 0.3 is 12.0 Å². The fraction of sp³-hybridized carbons (Fsp3) is 0.533. The number of nitrogens with zero attached hydrogens (tertiary/aromatic N) is 1. The van der Waals surface area contributed by atoms with Crippen molar-refractivity contribution in [3.63, 3.8) is 0 Å². The SMILES string of the molecule is O=C(NCCNc1ncc(Cl)cc1Cl)NC1CCC(C(=O)O)CC1. The summed E-state index contributed by atoms with van der Waals surface area (Å²) in [5.74, 6) is -0.527. The standard InChI is InChI=1S/C15H20Cl2N4O3/c16-10-7-12(17)13(20-8-10)18-5-6-19-15(24)21-11-3-1-9(2-4-11)14(22)23/h7-9,11H,1-6H2,(H,18,20)(H,22,23)(H2,19,21,24). The van der Waals surface area contributed by atoms with Crippen LogP contribution in [-0.2, 0) is 4.79 Å². The Hall–Kier alpha value is -1.73. The highest BCUT2D eigenvalue weighted by molar-refractivity contribution is 6.35. The van der Waals surface area contributed by atoms with Crippen LogP contribution in [0.15, 0.2) is 12.3 Å². The summed E-state index contributed by atoms with van der Waals surface area (Å²) in [6, 6.07) is 1.36. The maximum Gasteiger partial charge on any atom is 0.315 e. The van der Waals surface area contributed by atoms with E-state index in [9.17, 15) is 9.59 Å². The van der Waals surface area contributed by atoms with Gasteiger partial charge in [0.25, 0.3) is 0 Å². The molecule has 0 bridgehead atoms. The summed E-state index contributed by atoms with van der Waals surface area (Å²) in [7, 11) is 0. The third kappa shape index (κ3) is 5.72. The lowest BCUT2D eigenvalue weighted by Crippen LogP contribution is -2.45. The molecule has 0 aliphatic heterocycles. The van der Waals surface area contributed by atoms with Crippen LogP contribution in [0, 0.1) is 5.92 Å². The highest BCUT2D eigenvalue weighted by Crippen LogP contribution is 2.24. The predicted molar refractivity (Wildman–Crippen MR) is 92.7 cm³/mol. The lowest BCUT2D eigenvalue weighted by molar-refractivity contribution is -0.142. The largest absolute Gasteiger partial charge is 0.481 e. The summed E-state index contributed by atoms with van der Waals surface area (Å²) in [4.78, 5) is 26.8. The zero-order valence-electron chi connectivity index (χ0n) is 13.0. The number of hydrogen-bond donors (Lipinski definition) is 4. The molecule has 7 nitrogen and oxygen atoms in total. The molecule has 9 heteroatoms. The molecule has 1 heterocycles. The number of aromatic nitrogens is 1. The Balaban J connectivity index is 1.62. The number of amides is 2. The van der Waals surface area contributed by atoms with Gasteiger partial charge in [-0.1, -0.05) is 23.2 Å². The first-order valence-electron chi connectivity index (χ1n) is 7.78. The maximum atomic E-state index is 11.8. The quantitative estimate of drug-likeness (QED) is 0.573. The number of urea groups is 1. The minimum absolute atomic E-state index is 0.0286. The Morgan fingerprint density at radius 1 is 1.21 bits per heavy atom. The van der Waals surface area contributed by atoms with Gasteiger partial charge in [0, 0.05) is 25.3 Å². The number of halogens is 2. The van der Waals surface area contributed by atoms with E-state index in [0.717, 1.165) is 0 Å². The third-order valence-electron chi connectivity index (χ3n) is 3.92. The van der Waals surface area contributed by atoms with E-state index < -0.39 is 5.97 Å². The summed E-state index contributed by atoms with van der Waals surface area (Å²) >= 11 is 11.7. The molecular formula is C15H20Cl2N4O3. The molecule has 0 radical (unpaired) electrons. The zero-order valence-corrected chi connectivity index (χ0v) is 14.5. The van der Waals surface area contributed by atoms with Gasteiger partial charge < -0.3 is 21.1 Å². The van der Waals surface area contributed by atoms with Crippen molar-refractivity contribution in [2.75, 3.05) is 18.4 Å². The lowest BCUT2D eigenvalue weighted by atomic mass is 9.86. The number of carboxylic acids is 1. The Morgan fingerprint density at radius 3 is 2.54 bits per heavy atom. The number of pyridine rings is 1. The van der Waals surface area contributed by atoms with Crippen molar-refractivity contribution in [1.29, 1.82) is 0 Å².